The molecule has 2 aromatic carbocycles. The number of anilines is 1. The zero-order chi connectivity index (χ0) is 25.6. The molecule has 3 heterocycles. The summed E-state index contributed by atoms with van der Waals surface area (Å²) in [4.78, 5) is 22.6. The predicted molar refractivity (Wildman–Crippen MR) is 142 cm³/mol. The molecular formula is C27H23FN4O3S2. The smallest absolute Gasteiger partial charge is 0.261 e. The van der Waals surface area contributed by atoms with Crippen LogP contribution in [0, 0.1) is 11.7 Å². The summed E-state index contributed by atoms with van der Waals surface area (Å²) < 4.78 is 41.9. The number of aromatic nitrogens is 2. The zero-order valence-electron chi connectivity index (χ0n) is 19.6. The summed E-state index contributed by atoms with van der Waals surface area (Å²) in [5, 5.41) is 3.33. The first kappa shape index (κ1) is 23.9. The van der Waals surface area contributed by atoms with Crippen LogP contribution in [0.3, 0.4) is 0 Å². The molecule has 7 nitrogen and oxygen atoms in total. The van der Waals surface area contributed by atoms with Crippen molar-refractivity contribution in [2.45, 2.75) is 30.2 Å². The molecule has 0 spiro atoms. The van der Waals surface area contributed by atoms with Crippen molar-refractivity contribution in [3.8, 4) is 11.3 Å². The Hall–Kier alpha value is -3.47. The van der Waals surface area contributed by atoms with Crippen molar-refractivity contribution in [2.24, 2.45) is 5.92 Å². The van der Waals surface area contributed by atoms with E-state index < -0.39 is 15.8 Å². The fourth-order valence-electron chi connectivity index (χ4n) is 4.50. The quantitative estimate of drug-likeness (QED) is 0.345. The predicted octanol–water partition coefficient (Wildman–Crippen LogP) is 5.02. The number of hydrogen-bond donors (Lipinski definition) is 2. The largest absolute Gasteiger partial charge is 0.304 e. The van der Waals surface area contributed by atoms with Crippen LogP contribution in [0.15, 0.2) is 71.9 Å². The Bertz CT molecular complexity index is 1630. The molecule has 6 rings (SSSR count). The lowest BCUT2D eigenvalue weighted by molar-refractivity contribution is -0.122. The summed E-state index contributed by atoms with van der Waals surface area (Å²) in [5.74, 6) is 0.0430. The monoisotopic (exact) mass is 534 g/mol. The van der Waals surface area contributed by atoms with Gasteiger partial charge in [0.15, 0.2) is 5.78 Å². The average molecular weight is 535 g/mol. The molecule has 0 saturated heterocycles. The minimum Gasteiger partial charge on any atom is -0.304 e. The van der Waals surface area contributed by atoms with Crippen molar-refractivity contribution in [3.63, 3.8) is 0 Å². The maximum Gasteiger partial charge on any atom is 0.261 e. The number of ketones is 1. The summed E-state index contributed by atoms with van der Waals surface area (Å²) >= 11 is 1.60. The molecular weight excluding hydrogens is 511 g/mol. The van der Waals surface area contributed by atoms with E-state index in [0.717, 1.165) is 56.9 Å². The van der Waals surface area contributed by atoms with Gasteiger partial charge in [-0.15, -0.1) is 11.3 Å². The molecule has 1 aliphatic carbocycles. The molecule has 1 atom stereocenters. The Labute approximate surface area is 217 Å². The molecule has 1 aliphatic heterocycles. The molecule has 2 aliphatic rings. The highest BCUT2D eigenvalue weighted by Gasteiger charge is 2.35. The Morgan fingerprint density at radius 1 is 1.05 bits per heavy atom. The number of Topliss-reactive ketones (excluding diaryl/α,β-unsaturated/α-hetero) is 1. The van der Waals surface area contributed by atoms with Crippen LogP contribution < -0.4 is 10.0 Å². The molecule has 0 radical (unpaired) electrons. The van der Waals surface area contributed by atoms with Crippen molar-refractivity contribution in [1.82, 2.24) is 15.3 Å². The SMILES string of the molecule is O=C(C1CC1)C1CC(c2cc3ncnc(-c4ccc(NS(=O)(=O)c5ccc(F)cc5)cc4)c3s2)=CCN1. The first-order chi connectivity index (χ1) is 17.9. The Morgan fingerprint density at radius 3 is 2.54 bits per heavy atom. The van der Waals surface area contributed by atoms with Crippen molar-refractivity contribution in [1.29, 1.82) is 0 Å². The van der Waals surface area contributed by atoms with Gasteiger partial charge in [0, 0.05) is 28.6 Å². The average Bonchev–Trinajstić information content (AvgIpc) is 3.66. The summed E-state index contributed by atoms with van der Waals surface area (Å²) in [6.45, 7) is 0.667. The molecule has 37 heavy (non-hydrogen) atoms. The fourth-order valence-corrected chi connectivity index (χ4v) is 6.73. The second-order valence-corrected chi connectivity index (χ2v) is 12.0. The van der Waals surface area contributed by atoms with E-state index in [1.807, 2.05) is 6.07 Å². The number of fused-ring (bicyclic) bond motifs is 1. The summed E-state index contributed by atoms with van der Waals surface area (Å²) in [6.07, 6.45) is 6.34. The number of benzene rings is 2. The number of thiophene rings is 1. The zero-order valence-corrected chi connectivity index (χ0v) is 21.3. The minimum atomic E-state index is -3.84. The van der Waals surface area contributed by atoms with E-state index in [9.17, 15) is 17.6 Å². The molecule has 1 fully saturated rings. The Kier molecular flexibility index (Phi) is 6.10. The Balaban J connectivity index is 1.24. The number of sulfonamides is 1. The highest BCUT2D eigenvalue weighted by molar-refractivity contribution is 7.92. The van der Waals surface area contributed by atoms with E-state index in [0.29, 0.717) is 24.4 Å². The van der Waals surface area contributed by atoms with Gasteiger partial charge in [0.05, 0.1) is 26.8 Å². The van der Waals surface area contributed by atoms with Gasteiger partial charge in [-0.3, -0.25) is 9.52 Å². The highest BCUT2D eigenvalue weighted by Crippen LogP contribution is 2.39. The van der Waals surface area contributed by atoms with Crippen molar-refractivity contribution < 1.29 is 17.6 Å². The second kappa shape index (κ2) is 9.44. The van der Waals surface area contributed by atoms with Gasteiger partial charge in [-0.1, -0.05) is 18.2 Å². The van der Waals surface area contributed by atoms with Crippen molar-refractivity contribution in [2.75, 3.05) is 11.3 Å². The lowest BCUT2D eigenvalue weighted by atomic mass is 9.95. The third kappa shape index (κ3) is 4.92. The normalized spacial score (nSPS) is 18.0. The minimum absolute atomic E-state index is 0.0186. The van der Waals surface area contributed by atoms with Crippen molar-refractivity contribution >= 4 is 48.6 Å². The third-order valence-corrected chi connectivity index (χ3v) is 9.23. The molecule has 1 unspecified atom stereocenters. The lowest BCUT2D eigenvalue weighted by Gasteiger charge is -2.22. The molecule has 188 valence electrons. The molecule has 0 bridgehead atoms. The van der Waals surface area contributed by atoms with Gasteiger partial charge in [-0.25, -0.2) is 22.8 Å². The molecule has 1 saturated carbocycles. The number of carbonyl (C=O) groups is 1. The van der Waals surface area contributed by atoms with Gasteiger partial charge in [-0.05, 0) is 67.3 Å². The lowest BCUT2D eigenvalue weighted by Crippen LogP contribution is -2.40. The Morgan fingerprint density at radius 2 is 1.81 bits per heavy atom. The van der Waals surface area contributed by atoms with Crippen LogP contribution in [-0.4, -0.2) is 36.8 Å². The second-order valence-electron chi connectivity index (χ2n) is 9.26. The first-order valence-electron chi connectivity index (χ1n) is 12.0. The standard InChI is InChI=1S/C27H23FN4O3S2/c28-19-5-9-21(10-6-19)37(34,35)32-20-7-3-16(4-8-20)25-27-23(30-15-31-25)14-24(36-27)18-11-12-29-22(13-18)26(33)17-1-2-17/h3-11,14-15,17,22,29,32H,1-2,12-13H2. The van der Waals surface area contributed by atoms with Crippen LogP contribution in [0.5, 0.6) is 0 Å². The van der Waals surface area contributed by atoms with Crippen LogP contribution >= 0.6 is 11.3 Å². The number of hydrogen-bond acceptors (Lipinski definition) is 7. The topological polar surface area (TPSA) is 101 Å². The van der Waals surface area contributed by atoms with Gasteiger partial charge in [0.25, 0.3) is 10.0 Å². The van der Waals surface area contributed by atoms with Crippen LogP contribution in [-0.2, 0) is 14.8 Å². The van der Waals surface area contributed by atoms with Crippen LogP contribution in [0.4, 0.5) is 10.1 Å². The van der Waals surface area contributed by atoms with E-state index in [2.05, 4.69) is 26.1 Å². The van der Waals surface area contributed by atoms with Gasteiger partial charge >= 0.3 is 0 Å². The number of carbonyl (C=O) groups excluding carboxylic acids is 1. The van der Waals surface area contributed by atoms with Gasteiger partial charge in [0.2, 0.25) is 0 Å². The van der Waals surface area contributed by atoms with Gasteiger partial charge in [0.1, 0.15) is 12.1 Å². The first-order valence-corrected chi connectivity index (χ1v) is 14.3. The third-order valence-electron chi connectivity index (χ3n) is 6.62. The van der Waals surface area contributed by atoms with Crippen LogP contribution in [0.25, 0.3) is 27.0 Å². The van der Waals surface area contributed by atoms with Gasteiger partial charge in [-0.2, -0.15) is 0 Å². The summed E-state index contributed by atoms with van der Waals surface area (Å²) in [7, 11) is -3.84. The molecule has 4 aromatic rings. The van der Waals surface area contributed by atoms with Crippen LogP contribution in [0.2, 0.25) is 0 Å². The summed E-state index contributed by atoms with van der Waals surface area (Å²) in [6, 6.07) is 13.5. The molecule has 2 N–H and O–H groups in total. The molecule has 0 amide bonds. The maximum atomic E-state index is 13.2. The highest BCUT2D eigenvalue weighted by atomic mass is 32.2. The van der Waals surface area contributed by atoms with E-state index in [1.54, 1.807) is 35.6 Å². The number of nitrogens with zero attached hydrogens (tertiary/aromatic N) is 2. The maximum absolute atomic E-state index is 13.2. The molecule has 10 heteroatoms. The number of halogens is 1. The van der Waals surface area contributed by atoms with E-state index in [1.165, 1.54) is 18.5 Å². The summed E-state index contributed by atoms with van der Waals surface area (Å²) in [5.41, 5.74) is 3.95. The number of nitrogens with one attached hydrogen (secondary N) is 2. The fraction of sp³-hybridized carbons (Fsp3) is 0.222. The number of rotatable bonds is 7. The van der Waals surface area contributed by atoms with E-state index >= 15 is 0 Å². The van der Waals surface area contributed by atoms with Crippen LogP contribution in [0.1, 0.15) is 24.1 Å². The van der Waals surface area contributed by atoms with Crippen molar-refractivity contribution in [3.05, 3.63) is 77.7 Å². The molecule has 2 aromatic heterocycles. The van der Waals surface area contributed by atoms with E-state index in [4.69, 9.17) is 0 Å². The van der Waals surface area contributed by atoms with E-state index in [-0.39, 0.29) is 16.9 Å². The van der Waals surface area contributed by atoms with Gasteiger partial charge < -0.3 is 5.32 Å².